The summed E-state index contributed by atoms with van der Waals surface area (Å²) in [5, 5.41) is 6.30. The van der Waals surface area contributed by atoms with Gasteiger partial charge in [0.15, 0.2) is 0 Å². The lowest BCUT2D eigenvalue weighted by atomic mass is 9.94. The van der Waals surface area contributed by atoms with Crippen molar-refractivity contribution in [2.24, 2.45) is 0 Å². The van der Waals surface area contributed by atoms with Crippen molar-refractivity contribution in [2.75, 3.05) is 13.1 Å². The first-order chi connectivity index (χ1) is 7.27. The third-order valence-electron chi connectivity index (χ3n) is 2.83. The fraction of sp³-hybridized carbons (Fsp3) is 0.417. The molecule has 2 rings (SSSR count). The molecule has 80 valence electrons. The number of benzene rings is 1. The van der Waals surface area contributed by atoms with Gasteiger partial charge in [-0.3, -0.25) is 4.79 Å². The summed E-state index contributed by atoms with van der Waals surface area (Å²) in [5.74, 6) is 0.444. The van der Waals surface area contributed by atoms with Gasteiger partial charge in [0, 0.05) is 32.0 Å². The van der Waals surface area contributed by atoms with Crippen molar-refractivity contribution in [1.82, 2.24) is 10.6 Å². The fourth-order valence-corrected chi connectivity index (χ4v) is 2.14. The van der Waals surface area contributed by atoms with Crippen LogP contribution in [0.5, 0.6) is 0 Å². The van der Waals surface area contributed by atoms with Crippen LogP contribution in [0.15, 0.2) is 30.3 Å². The summed E-state index contributed by atoms with van der Waals surface area (Å²) in [6.45, 7) is 3.37. The van der Waals surface area contributed by atoms with Crippen molar-refractivity contribution in [3.8, 4) is 0 Å². The molecule has 1 heterocycles. The summed E-state index contributed by atoms with van der Waals surface area (Å²) in [6, 6.07) is 10.6. The lowest BCUT2D eigenvalue weighted by Gasteiger charge is -2.19. The van der Waals surface area contributed by atoms with Crippen molar-refractivity contribution in [3.05, 3.63) is 35.9 Å². The maximum atomic E-state index is 11.0. The van der Waals surface area contributed by atoms with Gasteiger partial charge >= 0.3 is 0 Å². The zero-order valence-corrected chi connectivity index (χ0v) is 8.86. The second-order valence-corrected chi connectivity index (χ2v) is 3.98. The highest BCUT2D eigenvalue weighted by atomic mass is 16.1. The van der Waals surface area contributed by atoms with Gasteiger partial charge in [-0.2, -0.15) is 0 Å². The van der Waals surface area contributed by atoms with Gasteiger partial charge in [0.1, 0.15) is 0 Å². The second-order valence-electron chi connectivity index (χ2n) is 3.98. The normalized spacial score (nSPS) is 25.1. The molecule has 2 N–H and O–H groups in total. The van der Waals surface area contributed by atoms with Crippen molar-refractivity contribution >= 4 is 5.91 Å². The molecule has 15 heavy (non-hydrogen) atoms. The molecule has 2 unspecified atom stereocenters. The molecule has 1 aromatic rings. The molecule has 0 saturated carbocycles. The largest absolute Gasteiger partial charge is 0.352 e. The Bertz CT molecular complexity index is 337. The minimum Gasteiger partial charge on any atom is -0.352 e. The van der Waals surface area contributed by atoms with Gasteiger partial charge < -0.3 is 10.6 Å². The predicted octanol–water partition coefficient (Wildman–Crippen LogP) is 0.878. The van der Waals surface area contributed by atoms with Crippen LogP contribution in [-0.2, 0) is 4.79 Å². The van der Waals surface area contributed by atoms with Gasteiger partial charge in [0.2, 0.25) is 5.91 Å². The molecule has 1 aromatic carbocycles. The summed E-state index contributed by atoms with van der Waals surface area (Å²) >= 11 is 0. The number of hydrogen-bond acceptors (Lipinski definition) is 2. The monoisotopic (exact) mass is 204 g/mol. The Morgan fingerprint density at radius 2 is 2.07 bits per heavy atom. The SMILES string of the molecule is CC(=O)NC1CNCC1c1ccccc1. The van der Waals surface area contributed by atoms with E-state index in [0.717, 1.165) is 13.1 Å². The third kappa shape index (κ3) is 2.36. The van der Waals surface area contributed by atoms with Crippen LogP contribution in [0.3, 0.4) is 0 Å². The van der Waals surface area contributed by atoms with Crippen molar-refractivity contribution in [2.45, 2.75) is 18.9 Å². The van der Waals surface area contributed by atoms with Crippen LogP contribution < -0.4 is 10.6 Å². The van der Waals surface area contributed by atoms with E-state index in [1.54, 1.807) is 6.92 Å². The van der Waals surface area contributed by atoms with E-state index < -0.39 is 0 Å². The van der Waals surface area contributed by atoms with Crippen molar-refractivity contribution < 1.29 is 4.79 Å². The number of hydrogen-bond donors (Lipinski definition) is 2. The molecule has 0 radical (unpaired) electrons. The predicted molar refractivity (Wildman–Crippen MR) is 59.7 cm³/mol. The van der Waals surface area contributed by atoms with E-state index in [9.17, 15) is 4.79 Å². The number of amides is 1. The molecule has 1 fully saturated rings. The first-order valence-electron chi connectivity index (χ1n) is 5.30. The molecule has 1 amide bonds. The minimum atomic E-state index is 0.0460. The number of nitrogens with one attached hydrogen (secondary N) is 2. The minimum absolute atomic E-state index is 0.0460. The quantitative estimate of drug-likeness (QED) is 0.750. The standard InChI is InChI=1S/C12H16N2O/c1-9(15)14-12-8-13-7-11(12)10-5-3-2-4-6-10/h2-6,11-13H,7-8H2,1H3,(H,14,15). The van der Waals surface area contributed by atoms with E-state index in [1.807, 2.05) is 18.2 Å². The van der Waals surface area contributed by atoms with E-state index in [1.165, 1.54) is 5.56 Å². The van der Waals surface area contributed by atoms with Gasteiger partial charge in [-0.1, -0.05) is 30.3 Å². The van der Waals surface area contributed by atoms with E-state index in [0.29, 0.717) is 5.92 Å². The topological polar surface area (TPSA) is 41.1 Å². The summed E-state index contributed by atoms with van der Waals surface area (Å²) in [4.78, 5) is 11.0. The molecule has 0 bridgehead atoms. The van der Waals surface area contributed by atoms with Gasteiger partial charge in [-0.25, -0.2) is 0 Å². The highest BCUT2D eigenvalue weighted by Gasteiger charge is 2.28. The Morgan fingerprint density at radius 3 is 2.73 bits per heavy atom. The first kappa shape index (κ1) is 10.2. The van der Waals surface area contributed by atoms with Crippen LogP contribution in [0.25, 0.3) is 0 Å². The fourth-order valence-electron chi connectivity index (χ4n) is 2.14. The Morgan fingerprint density at radius 1 is 1.33 bits per heavy atom. The average Bonchev–Trinajstić information content (AvgIpc) is 2.66. The maximum Gasteiger partial charge on any atom is 0.217 e. The number of rotatable bonds is 2. The summed E-state index contributed by atoms with van der Waals surface area (Å²) in [7, 11) is 0. The number of carbonyl (C=O) groups excluding carboxylic acids is 1. The first-order valence-corrected chi connectivity index (χ1v) is 5.30. The van der Waals surface area contributed by atoms with Gasteiger partial charge in [0.25, 0.3) is 0 Å². The second kappa shape index (κ2) is 4.45. The summed E-state index contributed by atoms with van der Waals surface area (Å²) in [5.41, 5.74) is 1.29. The Kier molecular flexibility index (Phi) is 3.02. The lowest BCUT2D eigenvalue weighted by molar-refractivity contribution is -0.119. The highest BCUT2D eigenvalue weighted by Crippen LogP contribution is 2.22. The summed E-state index contributed by atoms with van der Waals surface area (Å²) < 4.78 is 0. The zero-order valence-electron chi connectivity index (χ0n) is 8.86. The zero-order chi connectivity index (χ0) is 10.7. The van der Waals surface area contributed by atoms with Crippen LogP contribution in [0, 0.1) is 0 Å². The molecular formula is C12H16N2O. The Balaban J connectivity index is 2.11. The van der Waals surface area contributed by atoms with Crippen LogP contribution in [0.2, 0.25) is 0 Å². The molecule has 3 heteroatoms. The molecule has 0 aromatic heterocycles. The molecule has 2 atom stereocenters. The highest BCUT2D eigenvalue weighted by molar-refractivity contribution is 5.73. The molecular weight excluding hydrogens is 188 g/mol. The smallest absolute Gasteiger partial charge is 0.217 e. The van der Waals surface area contributed by atoms with Crippen molar-refractivity contribution in [1.29, 1.82) is 0 Å². The molecule has 1 aliphatic heterocycles. The van der Waals surface area contributed by atoms with E-state index in [2.05, 4.69) is 22.8 Å². The maximum absolute atomic E-state index is 11.0. The van der Waals surface area contributed by atoms with Gasteiger partial charge in [0.05, 0.1) is 0 Å². The molecule has 3 nitrogen and oxygen atoms in total. The van der Waals surface area contributed by atoms with Crippen molar-refractivity contribution in [3.63, 3.8) is 0 Å². The third-order valence-corrected chi connectivity index (χ3v) is 2.83. The van der Waals surface area contributed by atoms with Crippen LogP contribution in [0.1, 0.15) is 18.4 Å². The van der Waals surface area contributed by atoms with Crippen LogP contribution in [0.4, 0.5) is 0 Å². The Hall–Kier alpha value is -1.35. The number of carbonyl (C=O) groups is 1. The van der Waals surface area contributed by atoms with E-state index in [4.69, 9.17) is 0 Å². The Labute approximate surface area is 89.9 Å². The molecule has 0 aliphatic carbocycles. The van der Waals surface area contributed by atoms with E-state index >= 15 is 0 Å². The van der Waals surface area contributed by atoms with Crippen LogP contribution in [-0.4, -0.2) is 25.0 Å². The van der Waals surface area contributed by atoms with E-state index in [-0.39, 0.29) is 11.9 Å². The van der Waals surface area contributed by atoms with Gasteiger partial charge in [-0.15, -0.1) is 0 Å². The molecule has 1 saturated heterocycles. The summed E-state index contributed by atoms with van der Waals surface area (Å²) in [6.07, 6.45) is 0. The molecule has 0 spiro atoms. The van der Waals surface area contributed by atoms with Gasteiger partial charge in [-0.05, 0) is 5.56 Å². The molecule has 1 aliphatic rings. The van der Waals surface area contributed by atoms with Crippen LogP contribution >= 0.6 is 0 Å². The average molecular weight is 204 g/mol. The lowest BCUT2D eigenvalue weighted by Crippen LogP contribution is -2.38.